The van der Waals surface area contributed by atoms with Crippen LogP contribution in [0.3, 0.4) is 0 Å². The monoisotopic (exact) mass is 472 g/mol. The maximum absolute atomic E-state index is 13.2. The highest BCUT2D eigenvalue weighted by Gasteiger charge is 2.32. The van der Waals surface area contributed by atoms with E-state index in [4.69, 9.17) is 9.47 Å². The van der Waals surface area contributed by atoms with Crippen molar-refractivity contribution < 1.29 is 35.9 Å². The molecule has 1 amide bonds. The van der Waals surface area contributed by atoms with E-state index in [1.807, 2.05) is 6.92 Å². The molecule has 11 heteroatoms. The van der Waals surface area contributed by atoms with Crippen LogP contribution in [0.5, 0.6) is 17.2 Å². The maximum Gasteiger partial charge on any atom is 0.416 e. The predicted octanol–water partition coefficient (Wildman–Crippen LogP) is 3.61. The zero-order chi connectivity index (χ0) is 23.4. The van der Waals surface area contributed by atoms with Crippen LogP contribution in [0.2, 0.25) is 0 Å². The van der Waals surface area contributed by atoms with Gasteiger partial charge in [-0.15, -0.1) is 0 Å². The van der Waals surface area contributed by atoms with Gasteiger partial charge in [-0.25, -0.2) is 8.42 Å². The van der Waals surface area contributed by atoms with Gasteiger partial charge in [-0.2, -0.15) is 13.2 Å². The van der Waals surface area contributed by atoms with Gasteiger partial charge in [0.25, 0.3) is 0 Å². The first-order valence-electron chi connectivity index (χ1n) is 9.91. The number of halogens is 3. The van der Waals surface area contributed by atoms with Gasteiger partial charge in [-0.3, -0.25) is 4.79 Å². The summed E-state index contributed by atoms with van der Waals surface area (Å²) < 4.78 is 73.6. The standard InChI is InChI=1S/C21H23F3N2O5S/c1-2-30-16-4-6-17(7-5-16)31-19-8-3-14(21(22,23)24)11-18(19)25-12-20(27)26-15-9-10-32(28,29)13-15/h3-8,11,15,25H,2,9-10,12-13H2,1H3,(H,26,27). The molecule has 1 atom stereocenters. The second-order valence-electron chi connectivity index (χ2n) is 7.24. The third-order valence-corrected chi connectivity index (χ3v) is 6.47. The van der Waals surface area contributed by atoms with Gasteiger partial charge in [-0.1, -0.05) is 0 Å². The van der Waals surface area contributed by atoms with Crippen molar-refractivity contribution in [3.8, 4) is 17.2 Å². The topological polar surface area (TPSA) is 93.7 Å². The van der Waals surface area contributed by atoms with Crippen LogP contribution in [0.25, 0.3) is 0 Å². The van der Waals surface area contributed by atoms with Crippen LogP contribution in [-0.4, -0.2) is 45.0 Å². The summed E-state index contributed by atoms with van der Waals surface area (Å²) in [6.45, 7) is 1.98. The zero-order valence-electron chi connectivity index (χ0n) is 17.2. The van der Waals surface area contributed by atoms with Crippen LogP contribution >= 0.6 is 0 Å². The summed E-state index contributed by atoms with van der Waals surface area (Å²) in [5, 5.41) is 5.24. The lowest BCUT2D eigenvalue weighted by Crippen LogP contribution is -2.39. The molecule has 1 aliphatic heterocycles. The molecule has 2 aromatic carbocycles. The molecule has 0 bridgehead atoms. The third kappa shape index (κ3) is 6.52. The molecule has 1 aliphatic rings. The number of benzene rings is 2. The first-order valence-corrected chi connectivity index (χ1v) is 11.7. The Morgan fingerprint density at radius 2 is 1.81 bits per heavy atom. The van der Waals surface area contributed by atoms with E-state index in [0.717, 1.165) is 12.1 Å². The molecule has 0 radical (unpaired) electrons. The second-order valence-corrected chi connectivity index (χ2v) is 9.46. The molecule has 1 saturated heterocycles. The summed E-state index contributed by atoms with van der Waals surface area (Å²) in [6, 6.07) is 8.96. The van der Waals surface area contributed by atoms with Crippen molar-refractivity contribution in [2.24, 2.45) is 0 Å². The first-order chi connectivity index (χ1) is 15.1. The van der Waals surface area contributed by atoms with Crippen LogP contribution in [0.1, 0.15) is 18.9 Å². The molecule has 0 saturated carbocycles. The quantitative estimate of drug-likeness (QED) is 0.610. The number of hydrogen-bond donors (Lipinski definition) is 2. The lowest BCUT2D eigenvalue weighted by atomic mass is 10.1. The van der Waals surface area contributed by atoms with Gasteiger partial charge in [0.1, 0.15) is 11.5 Å². The van der Waals surface area contributed by atoms with E-state index >= 15 is 0 Å². The Labute approximate surface area is 183 Å². The number of ether oxygens (including phenoxy) is 2. The smallest absolute Gasteiger partial charge is 0.416 e. The maximum atomic E-state index is 13.2. The Kier molecular flexibility index (Phi) is 7.17. The highest BCUT2D eigenvalue weighted by atomic mass is 32.2. The van der Waals surface area contributed by atoms with Crippen molar-refractivity contribution in [1.82, 2.24) is 5.32 Å². The number of anilines is 1. The molecule has 2 N–H and O–H groups in total. The number of alkyl halides is 3. The summed E-state index contributed by atoms with van der Waals surface area (Å²) in [4.78, 5) is 12.2. The van der Waals surface area contributed by atoms with E-state index in [0.29, 0.717) is 24.5 Å². The van der Waals surface area contributed by atoms with Gasteiger partial charge in [0.15, 0.2) is 15.6 Å². The summed E-state index contributed by atoms with van der Waals surface area (Å²) in [5.74, 6) is 0.413. The highest BCUT2D eigenvalue weighted by molar-refractivity contribution is 7.91. The number of carbonyl (C=O) groups is 1. The summed E-state index contributed by atoms with van der Waals surface area (Å²) in [7, 11) is -3.17. The van der Waals surface area contributed by atoms with Crippen molar-refractivity contribution >= 4 is 21.4 Å². The zero-order valence-corrected chi connectivity index (χ0v) is 18.1. The Morgan fingerprint density at radius 3 is 2.41 bits per heavy atom. The molecule has 32 heavy (non-hydrogen) atoms. The Hall–Kier alpha value is -2.95. The molecule has 1 fully saturated rings. The fraction of sp³-hybridized carbons (Fsp3) is 0.381. The minimum Gasteiger partial charge on any atom is -0.494 e. The minimum atomic E-state index is -4.57. The highest BCUT2D eigenvalue weighted by Crippen LogP contribution is 2.37. The summed E-state index contributed by atoms with van der Waals surface area (Å²) in [5.41, 5.74) is -0.927. The van der Waals surface area contributed by atoms with E-state index in [1.165, 1.54) is 6.07 Å². The molecule has 1 heterocycles. The van der Waals surface area contributed by atoms with Crippen LogP contribution in [0.15, 0.2) is 42.5 Å². The van der Waals surface area contributed by atoms with Crippen molar-refractivity contribution in [1.29, 1.82) is 0 Å². The molecule has 0 aromatic heterocycles. The number of hydrogen-bond acceptors (Lipinski definition) is 6. The fourth-order valence-electron chi connectivity index (χ4n) is 3.19. The van der Waals surface area contributed by atoms with E-state index in [2.05, 4.69) is 10.6 Å². The molecular formula is C21H23F3N2O5S. The number of amides is 1. The Morgan fingerprint density at radius 1 is 1.12 bits per heavy atom. The molecule has 7 nitrogen and oxygen atoms in total. The van der Waals surface area contributed by atoms with E-state index in [1.54, 1.807) is 24.3 Å². The number of sulfone groups is 1. The van der Waals surface area contributed by atoms with Gasteiger partial charge >= 0.3 is 6.18 Å². The van der Waals surface area contributed by atoms with Crippen LogP contribution < -0.4 is 20.1 Å². The van der Waals surface area contributed by atoms with Gasteiger partial charge < -0.3 is 20.1 Å². The van der Waals surface area contributed by atoms with Gasteiger partial charge in [-0.05, 0) is 55.8 Å². The summed E-state index contributed by atoms with van der Waals surface area (Å²) in [6.07, 6.45) is -4.27. The fourth-order valence-corrected chi connectivity index (χ4v) is 4.87. The largest absolute Gasteiger partial charge is 0.494 e. The number of nitrogens with one attached hydrogen (secondary N) is 2. The molecule has 0 spiro atoms. The van der Waals surface area contributed by atoms with Crippen LogP contribution in [0, 0.1) is 0 Å². The normalized spacial score (nSPS) is 17.6. The van der Waals surface area contributed by atoms with Gasteiger partial charge in [0, 0.05) is 6.04 Å². The molecular weight excluding hydrogens is 449 g/mol. The Bertz CT molecular complexity index is 1060. The van der Waals surface area contributed by atoms with E-state index in [9.17, 15) is 26.4 Å². The second kappa shape index (κ2) is 9.68. The van der Waals surface area contributed by atoms with Gasteiger partial charge in [0.05, 0.1) is 35.9 Å². The lowest BCUT2D eigenvalue weighted by Gasteiger charge is -2.17. The number of carbonyl (C=O) groups excluding carboxylic acids is 1. The summed E-state index contributed by atoms with van der Waals surface area (Å²) >= 11 is 0. The van der Waals surface area contributed by atoms with Crippen molar-refractivity contribution in [2.45, 2.75) is 25.6 Å². The minimum absolute atomic E-state index is 0.000915. The van der Waals surface area contributed by atoms with E-state index < -0.39 is 33.5 Å². The Balaban J connectivity index is 1.72. The first kappa shape index (κ1) is 23.7. The molecule has 3 rings (SSSR count). The molecule has 2 aromatic rings. The number of rotatable bonds is 8. The average molecular weight is 472 g/mol. The van der Waals surface area contributed by atoms with Crippen molar-refractivity contribution in [2.75, 3.05) is 30.0 Å². The molecule has 0 aliphatic carbocycles. The van der Waals surface area contributed by atoms with E-state index in [-0.39, 0.29) is 29.5 Å². The van der Waals surface area contributed by atoms with Crippen molar-refractivity contribution in [3.05, 3.63) is 48.0 Å². The van der Waals surface area contributed by atoms with Crippen LogP contribution in [-0.2, 0) is 20.8 Å². The van der Waals surface area contributed by atoms with Crippen molar-refractivity contribution in [3.63, 3.8) is 0 Å². The molecule has 1 unspecified atom stereocenters. The lowest BCUT2D eigenvalue weighted by molar-refractivity contribution is -0.137. The average Bonchev–Trinajstić information content (AvgIpc) is 3.06. The van der Waals surface area contributed by atoms with Crippen LogP contribution in [0.4, 0.5) is 18.9 Å². The molecule has 174 valence electrons. The predicted molar refractivity (Wildman–Crippen MR) is 113 cm³/mol. The van der Waals surface area contributed by atoms with Gasteiger partial charge in [0.2, 0.25) is 5.91 Å². The third-order valence-electron chi connectivity index (χ3n) is 4.71. The SMILES string of the molecule is CCOc1ccc(Oc2ccc(C(F)(F)F)cc2NCC(=O)NC2CCS(=O)(=O)C2)cc1.